The normalized spacial score (nSPS) is 10.4. The average Bonchev–Trinajstić information content (AvgIpc) is 3.07. The number of rotatable bonds is 5. The zero-order valence-electron chi connectivity index (χ0n) is 14.7. The predicted molar refractivity (Wildman–Crippen MR) is 106 cm³/mol. The van der Waals surface area contributed by atoms with E-state index in [9.17, 15) is 9.59 Å². The van der Waals surface area contributed by atoms with Crippen molar-refractivity contribution in [2.24, 2.45) is 0 Å². The summed E-state index contributed by atoms with van der Waals surface area (Å²) in [6.45, 7) is 4.35. The van der Waals surface area contributed by atoms with Gasteiger partial charge in [0.05, 0.1) is 16.1 Å². The summed E-state index contributed by atoms with van der Waals surface area (Å²) in [5, 5.41) is 7.64. The third-order valence-corrected chi connectivity index (χ3v) is 5.08. The molecule has 0 saturated heterocycles. The van der Waals surface area contributed by atoms with Crippen molar-refractivity contribution in [1.82, 2.24) is 5.32 Å². The lowest BCUT2D eigenvalue weighted by Crippen LogP contribution is -2.24. The largest absolute Gasteiger partial charge is 0.348 e. The maximum atomic E-state index is 12.6. The van der Waals surface area contributed by atoms with E-state index in [-0.39, 0.29) is 11.8 Å². The Hall–Kier alpha value is -2.92. The van der Waals surface area contributed by atoms with Gasteiger partial charge in [-0.2, -0.15) is 0 Å². The molecule has 4 nitrogen and oxygen atoms in total. The highest BCUT2D eigenvalue weighted by molar-refractivity contribution is 7.12. The van der Waals surface area contributed by atoms with E-state index in [1.54, 1.807) is 24.3 Å². The van der Waals surface area contributed by atoms with Crippen LogP contribution in [-0.4, -0.2) is 11.8 Å². The molecule has 1 aromatic heterocycles. The third kappa shape index (κ3) is 4.18. The zero-order valence-corrected chi connectivity index (χ0v) is 15.5. The number of hydrogen-bond donors (Lipinski definition) is 2. The van der Waals surface area contributed by atoms with Crippen molar-refractivity contribution in [3.8, 4) is 0 Å². The number of anilines is 1. The Balaban J connectivity index is 1.71. The minimum atomic E-state index is -0.218. The van der Waals surface area contributed by atoms with Crippen molar-refractivity contribution in [3.63, 3.8) is 0 Å². The molecule has 0 aliphatic carbocycles. The number of carbonyl (C=O) groups excluding carboxylic acids is 2. The van der Waals surface area contributed by atoms with Gasteiger partial charge >= 0.3 is 0 Å². The minimum Gasteiger partial charge on any atom is -0.348 e. The van der Waals surface area contributed by atoms with Crippen molar-refractivity contribution >= 4 is 28.8 Å². The van der Waals surface area contributed by atoms with Crippen LogP contribution in [0.4, 0.5) is 5.69 Å². The highest BCUT2D eigenvalue weighted by atomic mass is 32.1. The van der Waals surface area contributed by atoms with Gasteiger partial charge in [0.2, 0.25) is 0 Å². The fraction of sp³-hybridized carbons (Fsp3) is 0.143. The summed E-state index contributed by atoms with van der Waals surface area (Å²) in [6.07, 6.45) is 0. The van der Waals surface area contributed by atoms with Gasteiger partial charge in [0.1, 0.15) is 0 Å². The van der Waals surface area contributed by atoms with Crippen molar-refractivity contribution in [2.75, 3.05) is 5.32 Å². The van der Waals surface area contributed by atoms with Crippen LogP contribution in [0, 0.1) is 13.8 Å². The SMILES string of the molecule is Cc1ccc(CNC(=O)c2ccccc2NC(=O)c2sccc2C)cc1. The first-order valence-corrected chi connectivity index (χ1v) is 9.21. The fourth-order valence-corrected chi connectivity index (χ4v) is 3.38. The number of amides is 2. The second-order valence-electron chi connectivity index (χ2n) is 6.10. The van der Waals surface area contributed by atoms with E-state index in [4.69, 9.17) is 0 Å². The van der Waals surface area contributed by atoms with Gasteiger partial charge in [0.15, 0.2) is 0 Å². The molecule has 2 amide bonds. The summed E-state index contributed by atoms with van der Waals surface area (Å²) in [6, 6.07) is 16.9. The molecule has 0 atom stereocenters. The molecule has 2 N–H and O–H groups in total. The topological polar surface area (TPSA) is 58.2 Å². The van der Waals surface area contributed by atoms with E-state index >= 15 is 0 Å². The van der Waals surface area contributed by atoms with Gasteiger partial charge in [-0.1, -0.05) is 42.0 Å². The van der Waals surface area contributed by atoms with Crippen LogP contribution in [0.25, 0.3) is 0 Å². The first kappa shape index (κ1) is 17.9. The molecule has 0 aliphatic rings. The van der Waals surface area contributed by atoms with Crippen LogP contribution in [0.2, 0.25) is 0 Å². The second-order valence-corrected chi connectivity index (χ2v) is 7.02. The Labute approximate surface area is 156 Å². The fourth-order valence-electron chi connectivity index (χ4n) is 2.56. The predicted octanol–water partition coefficient (Wildman–Crippen LogP) is 4.55. The van der Waals surface area contributed by atoms with Gasteiger partial charge in [0.25, 0.3) is 11.8 Å². The van der Waals surface area contributed by atoms with Gasteiger partial charge in [-0.05, 0) is 48.6 Å². The van der Waals surface area contributed by atoms with E-state index in [2.05, 4.69) is 10.6 Å². The van der Waals surface area contributed by atoms with Gasteiger partial charge in [-0.3, -0.25) is 9.59 Å². The Kier molecular flexibility index (Phi) is 5.49. The summed E-state index contributed by atoms with van der Waals surface area (Å²) >= 11 is 1.39. The first-order chi connectivity index (χ1) is 12.5. The number of benzene rings is 2. The molecule has 1 heterocycles. The summed E-state index contributed by atoms with van der Waals surface area (Å²) < 4.78 is 0. The lowest BCUT2D eigenvalue weighted by atomic mass is 10.1. The maximum absolute atomic E-state index is 12.6. The van der Waals surface area contributed by atoms with E-state index in [0.717, 1.165) is 11.1 Å². The Bertz CT molecular complexity index is 929. The number of nitrogens with one attached hydrogen (secondary N) is 2. The lowest BCUT2D eigenvalue weighted by Gasteiger charge is -2.11. The van der Waals surface area contributed by atoms with Gasteiger partial charge < -0.3 is 10.6 Å². The van der Waals surface area contributed by atoms with Crippen LogP contribution >= 0.6 is 11.3 Å². The maximum Gasteiger partial charge on any atom is 0.266 e. The highest BCUT2D eigenvalue weighted by Gasteiger charge is 2.15. The second kappa shape index (κ2) is 7.97. The highest BCUT2D eigenvalue weighted by Crippen LogP contribution is 2.20. The molecule has 26 heavy (non-hydrogen) atoms. The molecule has 3 rings (SSSR count). The molecule has 0 spiro atoms. The van der Waals surface area contributed by atoms with Crippen LogP contribution in [0.1, 0.15) is 36.7 Å². The Morgan fingerprint density at radius 2 is 1.65 bits per heavy atom. The number of thiophene rings is 1. The minimum absolute atomic E-state index is 0.198. The molecular formula is C21H20N2O2S. The summed E-state index contributed by atoms with van der Waals surface area (Å²) in [5.41, 5.74) is 4.08. The first-order valence-electron chi connectivity index (χ1n) is 8.33. The van der Waals surface area contributed by atoms with Gasteiger partial charge in [0, 0.05) is 6.54 Å². The molecule has 5 heteroatoms. The molecule has 132 valence electrons. The van der Waals surface area contributed by atoms with E-state index in [0.29, 0.717) is 22.7 Å². The van der Waals surface area contributed by atoms with Crippen LogP contribution in [0.5, 0.6) is 0 Å². The number of para-hydroxylation sites is 1. The molecule has 0 saturated carbocycles. The summed E-state index contributed by atoms with van der Waals surface area (Å²) in [5.74, 6) is -0.416. The van der Waals surface area contributed by atoms with E-state index in [1.165, 1.54) is 16.9 Å². The Morgan fingerprint density at radius 3 is 2.35 bits per heavy atom. The molecule has 0 radical (unpaired) electrons. The molecule has 0 aliphatic heterocycles. The summed E-state index contributed by atoms with van der Waals surface area (Å²) in [4.78, 5) is 25.7. The smallest absolute Gasteiger partial charge is 0.266 e. The quantitative estimate of drug-likeness (QED) is 0.698. The third-order valence-electron chi connectivity index (χ3n) is 4.06. The van der Waals surface area contributed by atoms with E-state index in [1.807, 2.05) is 49.6 Å². The van der Waals surface area contributed by atoms with Crippen LogP contribution in [0.3, 0.4) is 0 Å². The van der Waals surface area contributed by atoms with Crippen LogP contribution in [0.15, 0.2) is 60.0 Å². The van der Waals surface area contributed by atoms with Crippen molar-refractivity contribution in [1.29, 1.82) is 0 Å². The Morgan fingerprint density at radius 1 is 0.923 bits per heavy atom. The van der Waals surface area contributed by atoms with Crippen molar-refractivity contribution < 1.29 is 9.59 Å². The number of aryl methyl sites for hydroxylation is 2. The van der Waals surface area contributed by atoms with Gasteiger partial charge in [-0.15, -0.1) is 11.3 Å². The molecule has 3 aromatic rings. The van der Waals surface area contributed by atoms with Crippen molar-refractivity contribution in [3.05, 3.63) is 87.1 Å². The average molecular weight is 364 g/mol. The molecular weight excluding hydrogens is 344 g/mol. The number of hydrogen-bond acceptors (Lipinski definition) is 3. The monoisotopic (exact) mass is 364 g/mol. The van der Waals surface area contributed by atoms with Crippen molar-refractivity contribution in [2.45, 2.75) is 20.4 Å². The molecule has 0 fully saturated rings. The summed E-state index contributed by atoms with van der Waals surface area (Å²) in [7, 11) is 0. The molecule has 0 unspecified atom stereocenters. The molecule has 2 aromatic carbocycles. The van der Waals surface area contributed by atoms with Crippen LogP contribution in [-0.2, 0) is 6.54 Å². The van der Waals surface area contributed by atoms with E-state index < -0.39 is 0 Å². The lowest BCUT2D eigenvalue weighted by molar-refractivity contribution is 0.0952. The van der Waals surface area contributed by atoms with Crippen LogP contribution < -0.4 is 10.6 Å². The van der Waals surface area contributed by atoms with Gasteiger partial charge in [-0.25, -0.2) is 0 Å². The standard InChI is InChI=1S/C21H20N2O2S/c1-14-7-9-16(10-8-14)13-22-20(24)17-5-3-4-6-18(17)23-21(25)19-15(2)11-12-26-19/h3-12H,13H2,1-2H3,(H,22,24)(H,23,25). The molecule has 0 bridgehead atoms. The zero-order chi connectivity index (χ0) is 18.5. The number of carbonyl (C=O) groups is 2.